The summed E-state index contributed by atoms with van der Waals surface area (Å²) in [7, 11) is 0. The Morgan fingerprint density at radius 2 is 1.92 bits per heavy atom. The molecule has 0 saturated heterocycles. The van der Waals surface area contributed by atoms with Gasteiger partial charge < -0.3 is 5.73 Å². The van der Waals surface area contributed by atoms with Gasteiger partial charge in [0.05, 0.1) is 0 Å². The predicted octanol–water partition coefficient (Wildman–Crippen LogP) is 2.55. The first-order valence-corrected chi connectivity index (χ1v) is 5.07. The molecule has 0 spiro atoms. The van der Waals surface area contributed by atoms with Gasteiger partial charge in [0.15, 0.2) is 0 Å². The van der Waals surface area contributed by atoms with Crippen LogP contribution >= 0.6 is 0 Å². The third kappa shape index (κ3) is 2.01. The maximum absolute atomic E-state index is 12.6. The van der Waals surface area contributed by atoms with Gasteiger partial charge >= 0.3 is 0 Å². The van der Waals surface area contributed by atoms with E-state index in [0.717, 1.165) is 12.3 Å². The molecule has 76 valence electrons. The lowest BCUT2D eigenvalue weighted by atomic mass is 9.69. The third-order valence-corrected chi connectivity index (χ3v) is 3.38. The van der Waals surface area contributed by atoms with Gasteiger partial charge in [0.1, 0.15) is 0 Å². The standard InChI is InChI=1S/C10H17F2N/c1-7(8-2-3-8)4-9(13)5-10(11,12)6-9/h7-8H,2-6,13H2,1H3. The Kier molecular flexibility index (Phi) is 1.92. The largest absolute Gasteiger partial charge is 0.325 e. The second-order valence-electron chi connectivity index (χ2n) is 5.09. The Hall–Kier alpha value is -0.180. The molecule has 2 fully saturated rings. The summed E-state index contributed by atoms with van der Waals surface area (Å²) in [5, 5.41) is 0. The Labute approximate surface area is 77.7 Å². The van der Waals surface area contributed by atoms with Crippen LogP contribution in [0.4, 0.5) is 8.78 Å². The van der Waals surface area contributed by atoms with Crippen LogP contribution in [-0.4, -0.2) is 11.5 Å². The van der Waals surface area contributed by atoms with E-state index in [-0.39, 0.29) is 12.8 Å². The van der Waals surface area contributed by atoms with Crippen molar-refractivity contribution < 1.29 is 8.78 Å². The fraction of sp³-hybridized carbons (Fsp3) is 1.00. The van der Waals surface area contributed by atoms with E-state index in [1.165, 1.54) is 12.8 Å². The maximum atomic E-state index is 12.6. The molecule has 0 heterocycles. The highest BCUT2D eigenvalue weighted by Gasteiger charge is 2.55. The minimum atomic E-state index is -2.47. The fourth-order valence-corrected chi connectivity index (χ4v) is 2.60. The van der Waals surface area contributed by atoms with Crippen LogP contribution in [0.1, 0.15) is 39.0 Å². The van der Waals surface area contributed by atoms with Crippen LogP contribution in [0.5, 0.6) is 0 Å². The summed E-state index contributed by atoms with van der Waals surface area (Å²) in [4.78, 5) is 0. The Morgan fingerprint density at radius 1 is 1.38 bits per heavy atom. The summed E-state index contributed by atoms with van der Waals surface area (Å²) < 4.78 is 25.2. The molecule has 0 aromatic carbocycles. The van der Waals surface area contributed by atoms with E-state index in [1.807, 2.05) is 0 Å². The number of alkyl halides is 2. The quantitative estimate of drug-likeness (QED) is 0.725. The van der Waals surface area contributed by atoms with Gasteiger partial charge in [-0.1, -0.05) is 6.92 Å². The van der Waals surface area contributed by atoms with Crippen LogP contribution in [0.25, 0.3) is 0 Å². The number of rotatable bonds is 3. The molecule has 2 N–H and O–H groups in total. The number of hydrogen-bond donors (Lipinski definition) is 1. The summed E-state index contributed by atoms with van der Waals surface area (Å²) in [6.07, 6.45) is 3.13. The van der Waals surface area contributed by atoms with Crippen molar-refractivity contribution in [2.24, 2.45) is 17.6 Å². The molecule has 13 heavy (non-hydrogen) atoms. The normalized spacial score (nSPS) is 32.3. The van der Waals surface area contributed by atoms with Gasteiger partial charge in [-0.3, -0.25) is 0 Å². The van der Waals surface area contributed by atoms with Crippen molar-refractivity contribution in [2.75, 3.05) is 0 Å². The topological polar surface area (TPSA) is 26.0 Å². The number of halogens is 2. The van der Waals surface area contributed by atoms with Crippen LogP contribution < -0.4 is 5.73 Å². The molecule has 1 atom stereocenters. The van der Waals surface area contributed by atoms with E-state index in [2.05, 4.69) is 6.92 Å². The second kappa shape index (κ2) is 2.66. The van der Waals surface area contributed by atoms with Crippen molar-refractivity contribution in [3.63, 3.8) is 0 Å². The molecular weight excluding hydrogens is 172 g/mol. The third-order valence-electron chi connectivity index (χ3n) is 3.38. The average Bonchev–Trinajstić information content (AvgIpc) is 2.59. The molecule has 2 rings (SSSR count). The SMILES string of the molecule is CC(CC1(N)CC(F)(F)C1)C1CC1. The van der Waals surface area contributed by atoms with Crippen molar-refractivity contribution >= 4 is 0 Å². The van der Waals surface area contributed by atoms with Crippen LogP contribution in [0.15, 0.2) is 0 Å². The molecule has 1 nitrogen and oxygen atoms in total. The van der Waals surface area contributed by atoms with Crippen LogP contribution in [0, 0.1) is 11.8 Å². The first-order chi connectivity index (χ1) is 5.90. The maximum Gasteiger partial charge on any atom is 0.251 e. The average molecular weight is 189 g/mol. The van der Waals surface area contributed by atoms with Gasteiger partial charge in [-0.25, -0.2) is 8.78 Å². The van der Waals surface area contributed by atoms with Gasteiger partial charge in [-0.05, 0) is 31.1 Å². The molecule has 0 aromatic heterocycles. The second-order valence-corrected chi connectivity index (χ2v) is 5.09. The molecule has 3 heteroatoms. The Morgan fingerprint density at radius 3 is 2.31 bits per heavy atom. The van der Waals surface area contributed by atoms with E-state index < -0.39 is 11.5 Å². The van der Waals surface area contributed by atoms with Crippen molar-refractivity contribution in [2.45, 2.75) is 50.5 Å². The smallest absolute Gasteiger partial charge is 0.251 e. The van der Waals surface area contributed by atoms with Crippen molar-refractivity contribution in [1.29, 1.82) is 0 Å². The van der Waals surface area contributed by atoms with E-state index in [1.54, 1.807) is 0 Å². The minimum absolute atomic E-state index is 0.100. The van der Waals surface area contributed by atoms with Crippen LogP contribution in [-0.2, 0) is 0 Å². The lowest BCUT2D eigenvalue weighted by Gasteiger charge is -2.46. The molecule has 1 unspecified atom stereocenters. The molecule has 0 aromatic rings. The van der Waals surface area contributed by atoms with Gasteiger partial charge in [0, 0.05) is 18.4 Å². The molecule has 2 saturated carbocycles. The summed E-state index contributed by atoms with van der Waals surface area (Å²) in [5.41, 5.74) is 5.31. The molecule has 0 bridgehead atoms. The van der Waals surface area contributed by atoms with Gasteiger partial charge in [-0.2, -0.15) is 0 Å². The monoisotopic (exact) mass is 189 g/mol. The summed E-state index contributed by atoms with van der Waals surface area (Å²) >= 11 is 0. The van der Waals surface area contributed by atoms with E-state index >= 15 is 0 Å². The van der Waals surface area contributed by atoms with Gasteiger partial charge in [0.2, 0.25) is 0 Å². The summed E-state index contributed by atoms with van der Waals surface area (Å²) in [6, 6.07) is 0. The van der Waals surface area contributed by atoms with E-state index in [0.29, 0.717) is 5.92 Å². The Bertz CT molecular complexity index is 203. The lowest BCUT2D eigenvalue weighted by molar-refractivity contribution is -0.127. The summed E-state index contributed by atoms with van der Waals surface area (Å²) in [6.45, 7) is 2.14. The first kappa shape index (κ1) is 9.38. The zero-order chi connectivity index (χ0) is 9.69. The van der Waals surface area contributed by atoms with Gasteiger partial charge in [-0.15, -0.1) is 0 Å². The highest BCUT2D eigenvalue weighted by Crippen LogP contribution is 2.49. The lowest BCUT2D eigenvalue weighted by Crippen LogP contribution is -2.58. The van der Waals surface area contributed by atoms with Crippen LogP contribution in [0.3, 0.4) is 0 Å². The number of hydrogen-bond acceptors (Lipinski definition) is 1. The zero-order valence-electron chi connectivity index (χ0n) is 8.02. The van der Waals surface area contributed by atoms with E-state index in [4.69, 9.17) is 5.73 Å². The molecule has 0 amide bonds. The predicted molar refractivity (Wildman–Crippen MR) is 47.6 cm³/mol. The molecule has 0 aliphatic heterocycles. The first-order valence-electron chi connectivity index (χ1n) is 5.07. The Balaban J connectivity index is 1.81. The van der Waals surface area contributed by atoms with Crippen molar-refractivity contribution in [1.82, 2.24) is 0 Å². The highest BCUT2D eigenvalue weighted by molar-refractivity contribution is 5.04. The minimum Gasteiger partial charge on any atom is -0.325 e. The van der Waals surface area contributed by atoms with Crippen molar-refractivity contribution in [3.8, 4) is 0 Å². The van der Waals surface area contributed by atoms with Gasteiger partial charge in [0.25, 0.3) is 5.92 Å². The van der Waals surface area contributed by atoms with Crippen LogP contribution in [0.2, 0.25) is 0 Å². The molecule has 2 aliphatic rings. The highest BCUT2D eigenvalue weighted by atomic mass is 19.3. The summed E-state index contributed by atoms with van der Waals surface area (Å²) in [5.74, 6) is -1.16. The number of nitrogens with two attached hydrogens (primary N) is 1. The fourth-order valence-electron chi connectivity index (χ4n) is 2.60. The van der Waals surface area contributed by atoms with E-state index in [9.17, 15) is 8.78 Å². The molecular formula is C10H17F2N. The van der Waals surface area contributed by atoms with Crippen molar-refractivity contribution in [3.05, 3.63) is 0 Å². The molecule has 0 radical (unpaired) electrons. The molecule has 2 aliphatic carbocycles. The zero-order valence-corrected chi connectivity index (χ0v) is 8.02.